The second-order valence-corrected chi connectivity index (χ2v) is 3.75. The zero-order valence-corrected chi connectivity index (χ0v) is 10.0. The van der Waals surface area contributed by atoms with Crippen molar-refractivity contribution in [2.24, 2.45) is 0 Å². The lowest BCUT2D eigenvalue weighted by atomic mass is 9.92. The Kier molecular flexibility index (Phi) is 3.67. The van der Waals surface area contributed by atoms with Gasteiger partial charge in [0.1, 0.15) is 13.6 Å². The van der Waals surface area contributed by atoms with E-state index in [9.17, 15) is 4.79 Å². The molecule has 0 atom stereocenters. The average Bonchev–Trinajstić information content (AvgIpc) is 2.39. The minimum atomic E-state index is -0.245. The molecule has 4 heteroatoms. The van der Waals surface area contributed by atoms with E-state index in [1.165, 1.54) is 7.11 Å². The topological polar surface area (TPSA) is 38.3 Å². The first kappa shape index (κ1) is 12.2. The van der Waals surface area contributed by atoms with Gasteiger partial charge in [0.25, 0.3) is 5.91 Å². The van der Waals surface area contributed by atoms with E-state index in [0.29, 0.717) is 16.8 Å². The van der Waals surface area contributed by atoms with Crippen LogP contribution in [0.25, 0.3) is 0 Å². The lowest BCUT2D eigenvalue weighted by Gasteiger charge is -2.11. The molecule has 88 valence electrons. The third kappa shape index (κ3) is 2.54. The van der Waals surface area contributed by atoms with Crippen LogP contribution in [-0.4, -0.2) is 20.9 Å². The number of anilines is 1. The molecular weight excluding hydrogens is 225 g/mol. The van der Waals surface area contributed by atoms with Crippen LogP contribution in [0, 0.1) is 0 Å². The van der Waals surface area contributed by atoms with Crippen LogP contribution in [0.15, 0.2) is 48.5 Å². The SMILES string of the molecule is [B]c1cccc(C(=O)Nc2ccccc2)c1OC. The van der Waals surface area contributed by atoms with Crippen molar-refractivity contribution in [2.45, 2.75) is 0 Å². The number of carbonyl (C=O) groups is 1. The number of hydrogen-bond acceptors (Lipinski definition) is 2. The van der Waals surface area contributed by atoms with Crippen LogP contribution in [0.2, 0.25) is 0 Å². The van der Waals surface area contributed by atoms with Gasteiger partial charge in [0, 0.05) is 5.69 Å². The molecule has 0 heterocycles. The largest absolute Gasteiger partial charge is 0.497 e. The molecule has 0 fully saturated rings. The maximum atomic E-state index is 12.1. The van der Waals surface area contributed by atoms with Gasteiger partial charge in [-0.15, -0.1) is 0 Å². The van der Waals surface area contributed by atoms with E-state index in [-0.39, 0.29) is 5.91 Å². The highest BCUT2D eigenvalue weighted by atomic mass is 16.5. The van der Waals surface area contributed by atoms with Crippen molar-refractivity contribution in [3.8, 4) is 5.75 Å². The Bertz CT molecular complexity index is 555. The fourth-order valence-electron chi connectivity index (χ4n) is 1.68. The van der Waals surface area contributed by atoms with Crippen molar-refractivity contribution >= 4 is 24.9 Å². The molecular formula is C14H12BNO2. The molecule has 1 N–H and O–H groups in total. The summed E-state index contributed by atoms with van der Waals surface area (Å²) < 4.78 is 5.15. The van der Waals surface area contributed by atoms with E-state index in [1.807, 2.05) is 30.3 Å². The molecule has 0 saturated carbocycles. The predicted molar refractivity (Wildman–Crippen MR) is 72.8 cm³/mol. The summed E-state index contributed by atoms with van der Waals surface area (Å²) in [6, 6.07) is 14.3. The highest BCUT2D eigenvalue weighted by Gasteiger charge is 2.13. The zero-order chi connectivity index (χ0) is 13.0. The molecule has 0 aliphatic rings. The van der Waals surface area contributed by atoms with Crippen LogP contribution in [0.3, 0.4) is 0 Å². The summed E-state index contributed by atoms with van der Waals surface area (Å²) in [7, 11) is 7.25. The number of hydrogen-bond donors (Lipinski definition) is 1. The van der Waals surface area contributed by atoms with Crippen molar-refractivity contribution in [1.82, 2.24) is 0 Å². The maximum absolute atomic E-state index is 12.1. The molecule has 0 bridgehead atoms. The standard InChI is InChI=1S/C14H12BNO2/c1-18-13-11(8-5-9-12(13)15)14(17)16-10-6-3-2-4-7-10/h2-9H,1H3,(H,16,17). The van der Waals surface area contributed by atoms with E-state index in [2.05, 4.69) is 5.32 Å². The Hall–Kier alpha value is -2.23. The Labute approximate surface area is 107 Å². The minimum absolute atomic E-state index is 0.245. The van der Waals surface area contributed by atoms with Gasteiger partial charge in [0.15, 0.2) is 0 Å². The van der Waals surface area contributed by atoms with E-state index >= 15 is 0 Å². The fraction of sp³-hybridized carbons (Fsp3) is 0.0714. The number of benzene rings is 2. The minimum Gasteiger partial charge on any atom is -0.497 e. The molecule has 2 radical (unpaired) electrons. The van der Waals surface area contributed by atoms with Crippen molar-refractivity contribution in [1.29, 1.82) is 0 Å². The summed E-state index contributed by atoms with van der Waals surface area (Å²) in [6.07, 6.45) is 0. The van der Waals surface area contributed by atoms with Crippen molar-refractivity contribution in [3.05, 3.63) is 54.1 Å². The second kappa shape index (κ2) is 5.40. The van der Waals surface area contributed by atoms with E-state index in [1.54, 1.807) is 18.2 Å². The molecule has 2 rings (SSSR count). The van der Waals surface area contributed by atoms with Gasteiger partial charge < -0.3 is 10.1 Å². The number of para-hydroxylation sites is 2. The number of ether oxygens (including phenoxy) is 1. The first-order valence-corrected chi connectivity index (χ1v) is 5.51. The van der Waals surface area contributed by atoms with Gasteiger partial charge in [-0.05, 0) is 18.2 Å². The molecule has 0 saturated heterocycles. The summed E-state index contributed by atoms with van der Waals surface area (Å²) in [5, 5.41) is 2.79. The molecule has 0 spiro atoms. The fourth-order valence-corrected chi connectivity index (χ4v) is 1.68. The summed E-state index contributed by atoms with van der Waals surface area (Å²) in [5.41, 5.74) is 1.59. The third-order valence-electron chi connectivity index (χ3n) is 2.53. The zero-order valence-electron chi connectivity index (χ0n) is 10.0. The highest BCUT2D eigenvalue weighted by Crippen LogP contribution is 2.16. The van der Waals surface area contributed by atoms with Gasteiger partial charge in [-0.3, -0.25) is 4.79 Å². The summed E-state index contributed by atoms with van der Waals surface area (Å²) in [5.74, 6) is 0.149. The van der Waals surface area contributed by atoms with Gasteiger partial charge in [-0.1, -0.05) is 35.8 Å². The van der Waals surface area contributed by atoms with Crippen LogP contribution in [-0.2, 0) is 0 Å². The van der Waals surface area contributed by atoms with Crippen LogP contribution in [0.1, 0.15) is 10.4 Å². The summed E-state index contributed by atoms with van der Waals surface area (Å²) in [6.45, 7) is 0. The number of rotatable bonds is 3. The number of carbonyl (C=O) groups excluding carboxylic acids is 1. The number of nitrogens with one attached hydrogen (secondary N) is 1. The van der Waals surface area contributed by atoms with Gasteiger partial charge >= 0.3 is 0 Å². The van der Waals surface area contributed by atoms with Crippen LogP contribution >= 0.6 is 0 Å². The molecule has 2 aromatic carbocycles. The molecule has 0 aliphatic carbocycles. The van der Waals surface area contributed by atoms with Crippen LogP contribution < -0.4 is 15.5 Å². The first-order chi connectivity index (χ1) is 8.72. The van der Waals surface area contributed by atoms with Gasteiger partial charge in [0.2, 0.25) is 0 Å². The van der Waals surface area contributed by atoms with Crippen LogP contribution in [0.4, 0.5) is 5.69 Å². The molecule has 18 heavy (non-hydrogen) atoms. The van der Waals surface area contributed by atoms with Gasteiger partial charge in [-0.2, -0.15) is 0 Å². The normalized spacial score (nSPS) is 9.83. The smallest absolute Gasteiger partial charge is 0.259 e. The average molecular weight is 237 g/mol. The van der Waals surface area contributed by atoms with Crippen molar-refractivity contribution in [3.63, 3.8) is 0 Å². The molecule has 0 aromatic heterocycles. The molecule has 2 aromatic rings. The van der Waals surface area contributed by atoms with E-state index < -0.39 is 0 Å². The maximum Gasteiger partial charge on any atom is 0.259 e. The third-order valence-corrected chi connectivity index (χ3v) is 2.53. The molecule has 3 nitrogen and oxygen atoms in total. The quantitative estimate of drug-likeness (QED) is 0.825. The van der Waals surface area contributed by atoms with Gasteiger partial charge in [0.05, 0.1) is 12.7 Å². The Morgan fingerprint density at radius 2 is 1.83 bits per heavy atom. The lowest BCUT2D eigenvalue weighted by molar-refractivity contribution is 0.102. The Morgan fingerprint density at radius 3 is 2.50 bits per heavy atom. The first-order valence-electron chi connectivity index (χ1n) is 5.51. The summed E-state index contributed by atoms with van der Waals surface area (Å²) in [4.78, 5) is 12.1. The summed E-state index contributed by atoms with van der Waals surface area (Å²) >= 11 is 0. The number of methoxy groups -OCH3 is 1. The number of amides is 1. The van der Waals surface area contributed by atoms with E-state index in [0.717, 1.165) is 5.69 Å². The van der Waals surface area contributed by atoms with Crippen molar-refractivity contribution < 1.29 is 9.53 Å². The predicted octanol–water partition coefficient (Wildman–Crippen LogP) is 1.74. The highest BCUT2D eigenvalue weighted by molar-refractivity contribution is 6.35. The van der Waals surface area contributed by atoms with Crippen molar-refractivity contribution in [2.75, 3.05) is 12.4 Å². The van der Waals surface area contributed by atoms with Gasteiger partial charge in [-0.25, -0.2) is 0 Å². The lowest BCUT2D eigenvalue weighted by Crippen LogP contribution is -2.17. The van der Waals surface area contributed by atoms with E-state index in [4.69, 9.17) is 12.6 Å². The monoisotopic (exact) mass is 237 g/mol. The molecule has 0 unspecified atom stereocenters. The molecule has 1 amide bonds. The van der Waals surface area contributed by atoms with Crippen LogP contribution in [0.5, 0.6) is 5.75 Å². The Morgan fingerprint density at radius 1 is 1.11 bits per heavy atom. The Balaban J connectivity index is 2.27. The molecule has 0 aliphatic heterocycles. The second-order valence-electron chi connectivity index (χ2n) is 3.75.